The topological polar surface area (TPSA) is 64.1 Å². The van der Waals surface area contributed by atoms with E-state index in [0.29, 0.717) is 16.4 Å². The quantitative estimate of drug-likeness (QED) is 0.749. The Balaban J connectivity index is 1.93. The number of methoxy groups -OCH3 is 1. The fraction of sp³-hybridized carbons (Fsp3) is 0.438. The van der Waals surface area contributed by atoms with E-state index in [0.717, 1.165) is 17.8 Å². The third kappa shape index (κ3) is 4.53. The molecule has 1 N–H and O–H groups in total. The second kappa shape index (κ2) is 8.48. The van der Waals surface area contributed by atoms with Gasteiger partial charge in [-0.3, -0.25) is 10.1 Å². The minimum absolute atomic E-state index is 0.230. The second-order valence-corrected chi connectivity index (χ2v) is 6.03. The summed E-state index contributed by atoms with van der Waals surface area (Å²) in [7, 11) is 1.55. The van der Waals surface area contributed by atoms with Crippen molar-refractivity contribution < 1.29 is 9.53 Å². The standard InChI is InChI=1S/C16H21N3O2S/c1-3-4-5-6-11-14-18-19-16(22-14)17-15(20)12-9-7-8-10-13(12)21-2/h7-10H,3-6,11H2,1-2H3,(H,17,19,20). The van der Waals surface area contributed by atoms with Gasteiger partial charge in [-0.15, -0.1) is 10.2 Å². The van der Waals surface area contributed by atoms with Crippen LogP contribution in [0.1, 0.15) is 48.0 Å². The molecular formula is C16H21N3O2S. The lowest BCUT2D eigenvalue weighted by molar-refractivity contribution is 0.102. The van der Waals surface area contributed by atoms with Gasteiger partial charge < -0.3 is 4.74 Å². The van der Waals surface area contributed by atoms with Crippen molar-refractivity contribution in [3.8, 4) is 5.75 Å². The first-order chi connectivity index (χ1) is 10.7. The molecule has 0 saturated carbocycles. The van der Waals surface area contributed by atoms with Crippen molar-refractivity contribution in [3.05, 3.63) is 34.8 Å². The lowest BCUT2D eigenvalue weighted by Crippen LogP contribution is -2.12. The first-order valence-corrected chi connectivity index (χ1v) is 8.33. The number of aromatic nitrogens is 2. The summed E-state index contributed by atoms with van der Waals surface area (Å²) in [5, 5.41) is 12.4. The first-order valence-electron chi connectivity index (χ1n) is 7.51. The zero-order valence-electron chi connectivity index (χ0n) is 13.0. The van der Waals surface area contributed by atoms with E-state index in [2.05, 4.69) is 22.4 Å². The van der Waals surface area contributed by atoms with E-state index in [-0.39, 0.29) is 5.91 Å². The van der Waals surface area contributed by atoms with Crippen molar-refractivity contribution in [1.82, 2.24) is 10.2 Å². The Morgan fingerprint density at radius 1 is 1.23 bits per heavy atom. The average molecular weight is 319 g/mol. The number of anilines is 1. The van der Waals surface area contributed by atoms with E-state index in [1.54, 1.807) is 25.3 Å². The lowest BCUT2D eigenvalue weighted by atomic mass is 10.2. The van der Waals surface area contributed by atoms with Crippen molar-refractivity contribution in [2.75, 3.05) is 12.4 Å². The van der Waals surface area contributed by atoms with Gasteiger partial charge in [-0.2, -0.15) is 0 Å². The summed E-state index contributed by atoms with van der Waals surface area (Å²) in [5.74, 6) is 0.315. The van der Waals surface area contributed by atoms with Crippen LogP contribution in [0, 0.1) is 0 Å². The fourth-order valence-electron chi connectivity index (χ4n) is 2.10. The predicted octanol–water partition coefficient (Wildman–Crippen LogP) is 3.92. The van der Waals surface area contributed by atoms with Gasteiger partial charge in [0.05, 0.1) is 12.7 Å². The molecule has 1 amide bonds. The number of hydrogen-bond donors (Lipinski definition) is 1. The minimum Gasteiger partial charge on any atom is -0.496 e. The van der Waals surface area contributed by atoms with Gasteiger partial charge >= 0.3 is 0 Å². The molecule has 0 saturated heterocycles. The summed E-state index contributed by atoms with van der Waals surface area (Å²) in [6.07, 6.45) is 5.71. The third-order valence-corrected chi connectivity index (χ3v) is 4.18. The number of hydrogen-bond acceptors (Lipinski definition) is 5. The zero-order chi connectivity index (χ0) is 15.8. The number of unbranched alkanes of at least 4 members (excludes halogenated alkanes) is 3. The molecule has 2 rings (SSSR count). The third-order valence-electron chi connectivity index (χ3n) is 3.28. The highest BCUT2D eigenvalue weighted by Gasteiger charge is 2.14. The van der Waals surface area contributed by atoms with E-state index in [9.17, 15) is 4.79 Å². The van der Waals surface area contributed by atoms with Gasteiger partial charge in [0.25, 0.3) is 5.91 Å². The predicted molar refractivity (Wildman–Crippen MR) is 88.7 cm³/mol. The number of nitrogens with zero attached hydrogens (tertiary/aromatic N) is 2. The highest BCUT2D eigenvalue weighted by atomic mass is 32.1. The Kier molecular flexibility index (Phi) is 6.33. The van der Waals surface area contributed by atoms with Crippen LogP contribution in [0.4, 0.5) is 5.13 Å². The molecule has 0 spiro atoms. The minimum atomic E-state index is -0.230. The maximum atomic E-state index is 12.3. The maximum absolute atomic E-state index is 12.3. The van der Waals surface area contributed by atoms with Gasteiger partial charge in [-0.25, -0.2) is 0 Å². The molecule has 118 valence electrons. The van der Waals surface area contributed by atoms with Crippen molar-refractivity contribution >= 4 is 22.4 Å². The van der Waals surface area contributed by atoms with Crippen LogP contribution in [0.3, 0.4) is 0 Å². The van der Waals surface area contributed by atoms with Gasteiger partial charge in [0.2, 0.25) is 5.13 Å². The molecule has 22 heavy (non-hydrogen) atoms. The zero-order valence-corrected chi connectivity index (χ0v) is 13.8. The van der Waals surface area contributed by atoms with Gasteiger partial charge in [0, 0.05) is 6.42 Å². The SMILES string of the molecule is CCCCCCc1nnc(NC(=O)c2ccccc2OC)s1. The number of carbonyl (C=O) groups is 1. The van der Waals surface area contributed by atoms with Gasteiger partial charge in [0.15, 0.2) is 0 Å². The van der Waals surface area contributed by atoms with Crippen LogP contribution in [-0.4, -0.2) is 23.2 Å². The van der Waals surface area contributed by atoms with Gasteiger partial charge in [-0.05, 0) is 18.6 Å². The molecule has 0 bridgehead atoms. The highest BCUT2D eigenvalue weighted by molar-refractivity contribution is 7.15. The Morgan fingerprint density at radius 3 is 2.82 bits per heavy atom. The molecule has 1 heterocycles. The van der Waals surface area contributed by atoms with E-state index >= 15 is 0 Å². The molecule has 0 fully saturated rings. The van der Waals surface area contributed by atoms with Crippen LogP contribution in [-0.2, 0) is 6.42 Å². The molecule has 1 aromatic carbocycles. The van der Waals surface area contributed by atoms with E-state index in [1.165, 1.54) is 30.6 Å². The monoisotopic (exact) mass is 319 g/mol. The molecule has 0 aliphatic heterocycles. The molecule has 0 radical (unpaired) electrons. The van der Waals surface area contributed by atoms with Crippen LogP contribution in [0.25, 0.3) is 0 Å². The Morgan fingerprint density at radius 2 is 2.05 bits per heavy atom. The number of rotatable bonds is 8. The molecule has 0 aliphatic rings. The van der Waals surface area contributed by atoms with Crippen molar-refractivity contribution in [1.29, 1.82) is 0 Å². The van der Waals surface area contributed by atoms with E-state index in [4.69, 9.17) is 4.74 Å². The number of ether oxygens (including phenoxy) is 1. The molecule has 0 atom stereocenters. The smallest absolute Gasteiger partial charge is 0.261 e. The summed E-state index contributed by atoms with van der Waals surface area (Å²) in [4.78, 5) is 12.3. The van der Waals surface area contributed by atoms with Crippen LogP contribution in [0.5, 0.6) is 5.75 Å². The molecule has 2 aromatic rings. The maximum Gasteiger partial charge on any atom is 0.261 e. The molecule has 0 aliphatic carbocycles. The fourth-order valence-corrected chi connectivity index (χ4v) is 2.88. The van der Waals surface area contributed by atoms with Crippen LogP contribution in [0.15, 0.2) is 24.3 Å². The normalized spacial score (nSPS) is 10.5. The van der Waals surface area contributed by atoms with Gasteiger partial charge in [-0.1, -0.05) is 49.7 Å². The number of nitrogens with one attached hydrogen (secondary N) is 1. The molecule has 1 aromatic heterocycles. The van der Waals surface area contributed by atoms with Crippen molar-refractivity contribution in [3.63, 3.8) is 0 Å². The molecule has 6 heteroatoms. The van der Waals surface area contributed by atoms with Crippen LogP contribution >= 0.6 is 11.3 Å². The summed E-state index contributed by atoms with van der Waals surface area (Å²) in [6.45, 7) is 2.19. The Labute approximate surface area is 134 Å². The molecule has 0 unspecified atom stereocenters. The van der Waals surface area contributed by atoms with E-state index in [1.807, 2.05) is 6.07 Å². The summed E-state index contributed by atoms with van der Waals surface area (Å²) < 4.78 is 5.19. The second-order valence-electron chi connectivity index (χ2n) is 4.97. The Hall–Kier alpha value is -1.95. The molecular weight excluding hydrogens is 298 g/mol. The van der Waals surface area contributed by atoms with Crippen LogP contribution < -0.4 is 10.1 Å². The number of benzene rings is 1. The highest BCUT2D eigenvalue weighted by Crippen LogP contribution is 2.21. The number of aryl methyl sites for hydroxylation is 1. The van der Waals surface area contributed by atoms with E-state index < -0.39 is 0 Å². The van der Waals surface area contributed by atoms with Gasteiger partial charge in [0.1, 0.15) is 10.8 Å². The van der Waals surface area contributed by atoms with Crippen molar-refractivity contribution in [2.24, 2.45) is 0 Å². The largest absolute Gasteiger partial charge is 0.496 e. The number of amides is 1. The number of carbonyl (C=O) groups excluding carboxylic acids is 1. The molecule has 5 nitrogen and oxygen atoms in total. The Bertz CT molecular complexity index is 613. The number of para-hydroxylation sites is 1. The van der Waals surface area contributed by atoms with Crippen molar-refractivity contribution in [2.45, 2.75) is 39.0 Å². The first kappa shape index (κ1) is 16.4. The van der Waals surface area contributed by atoms with Crippen LogP contribution in [0.2, 0.25) is 0 Å². The lowest BCUT2D eigenvalue weighted by Gasteiger charge is -2.06. The summed E-state index contributed by atoms with van der Waals surface area (Å²) in [6, 6.07) is 7.11. The summed E-state index contributed by atoms with van der Waals surface area (Å²) >= 11 is 1.43. The average Bonchev–Trinajstić information content (AvgIpc) is 2.99. The summed E-state index contributed by atoms with van der Waals surface area (Å²) in [5.41, 5.74) is 0.490.